The van der Waals surface area contributed by atoms with Crippen LogP contribution in [0, 0.1) is 11.7 Å². The van der Waals surface area contributed by atoms with Crippen LogP contribution < -0.4 is 9.80 Å². The molecular weight excluding hydrogens is 371 g/mol. The van der Waals surface area contributed by atoms with Gasteiger partial charge >= 0.3 is 0 Å². The second kappa shape index (κ2) is 7.20. The van der Waals surface area contributed by atoms with Gasteiger partial charge in [-0.3, -0.25) is 0 Å². The quantitative estimate of drug-likeness (QED) is 0.656. The molecule has 0 radical (unpaired) electrons. The maximum atomic E-state index is 14.8. The summed E-state index contributed by atoms with van der Waals surface area (Å²) in [5, 5.41) is 0. The Balaban J connectivity index is 1.25. The fraction of sp³-hybridized carbons (Fsp3) is 0.550. The molecule has 0 atom stereocenters. The molecule has 5 rings (SSSR count). The third-order valence-corrected chi connectivity index (χ3v) is 6.05. The summed E-state index contributed by atoms with van der Waals surface area (Å²) in [6.07, 6.45) is 8.98. The molecule has 0 N–H and O–H groups in total. The summed E-state index contributed by atoms with van der Waals surface area (Å²) in [4.78, 5) is 25.9. The maximum Gasteiger partial charge on any atom is 0.187 e. The third kappa shape index (κ3) is 3.38. The average molecular weight is 396 g/mol. The summed E-state index contributed by atoms with van der Waals surface area (Å²) in [6, 6.07) is 0. The zero-order valence-electron chi connectivity index (χ0n) is 16.8. The van der Waals surface area contributed by atoms with Crippen molar-refractivity contribution in [2.75, 3.05) is 36.5 Å². The fourth-order valence-electron chi connectivity index (χ4n) is 4.25. The molecule has 8 nitrogen and oxygen atoms in total. The first-order valence-electron chi connectivity index (χ1n) is 10.2. The Bertz CT molecular complexity index is 1020. The van der Waals surface area contributed by atoms with Crippen LogP contribution in [-0.4, -0.2) is 56.2 Å². The number of hydrogen-bond acceptors (Lipinski definition) is 7. The third-order valence-electron chi connectivity index (χ3n) is 6.05. The minimum absolute atomic E-state index is 0.242. The highest BCUT2D eigenvalue weighted by Crippen LogP contribution is 2.41. The Morgan fingerprint density at radius 1 is 1.03 bits per heavy atom. The lowest BCUT2D eigenvalue weighted by molar-refractivity contribution is 0.405. The summed E-state index contributed by atoms with van der Waals surface area (Å²) in [5.41, 5.74) is 2.28. The van der Waals surface area contributed by atoms with Crippen LogP contribution >= 0.6 is 0 Å². The number of aryl methyl sites for hydroxylation is 1. The molecule has 0 spiro atoms. The van der Waals surface area contributed by atoms with Crippen LogP contribution in [0.15, 0.2) is 19.0 Å². The van der Waals surface area contributed by atoms with Gasteiger partial charge in [-0.25, -0.2) is 29.3 Å². The van der Waals surface area contributed by atoms with Crippen LogP contribution in [0.5, 0.6) is 0 Å². The molecule has 0 aromatic carbocycles. The van der Waals surface area contributed by atoms with Gasteiger partial charge in [0, 0.05) is 39.6 Å². The van der Waals surface area contributed by atoms with Crippen LogP contribution in [0.3, 0.4) is 0 Å². The first kappa shape index (κ1) is 18.2. The van der Waals surface area contributed by atoms with Crippen LogP contribution in [0.25, 0.3) is 11.2 Å². The molecule has 1 saturated carbocycles. The summed E-state index contributed by atoms with van der Waals surface area (Å²) in [6.45, 7) is 2.59. The number of rotatable bonds is 5. The van der Waals surface area contributed by atoms with Gasteiger partial charge in [0.25, 0.3) is 0 Å². The lowest BCUT2D eigenvalue weighted by Crippen LogP contribution is -2.38. The highest BCUT2D eigenvalue weighted by Gasteiger charge is 2.31. The van der Waals surface area contributed by atoms with Crippen molar-refractivity contribution in [1.82, 2.24) is 29.5 Å². The number of piperidine rings is 1. The van der Waals surface area contributed by atoms with Crippen molar-refractivity contribution in [3.05, 3.63) is 30.5 Å². The van der Waals surface area contributed by atoms with Gasteiger partial charge < -0.3 is 14.4 Å². The second-order valence-electron chi connectivity index (χ2n) is 8.21. The van der Waals surface area contributed by atoms with E-state index in [4.69, 9.17) is 0 Å². The Hall–Kier alpha value is -2.84. The summed E-state index contributed by atoms with van der Waals surface area (Å²) >= 11 is 0. The topological polar surface area (TPSA) is 75.9 Å². The van der Waals surface area contributed by atoms with Gasteiger partial charge in [-0.15, -0.1) is 0 Å². The smallest absolute Gasteiger partial charge is 0.187 e. The Morgan fingerprint density at radius 3 is 2.55 bits per heavy atom. The molecule has 1 aliphatic heterocycles. The lowest BCUT2D eigenvalue weighted by Gasteiger charge is -2.34. The molecule has 1 saturated heterocycles. The van der Waals surface area contributed by atoms with Crippen molar-refractivity contribution < 1.29 is 4.39 Å². The minimum atomic E-state index is -0.242. The van der Waals surface area contributed by atoms with Crippen LogP contribution in [0.4, 0.5) is 16.0 Å². The molecule has 1 aliphatic carbocycles. The van der Waals surface area contributed by atoms with Crippen molar-refractivity contribution in [3.63, 3.8) is 0 Å². The largest absolute Gasteiger partial charge is 0.357 e. The van der Waals surface area contributed by atoms with Crippen molar-refractivity contribution in [2.45, 2.75) is 31.6 Å². The minimum Gasteiger partial charge on any atom is -0.357 e. The van der Waals surface area contributed by atoms with Gasteiger partial charge in [0.05, 0.1) is 12.0 Å². The maximum absolute atomic E-state index is 14.8. The van der Waals surface area contributed by atoms with E-state index < -0.39 is 0 Å². The number of nitrogens with zero attached hydrogens (tertiary/aromatic N) is 8. The van der Waals surface area contributed by atoms with Gasteiger partial charge in [-0.05, 0) is 31.6 Å². The summed E-state index contributed by atoms with van der Waals surface area (Å²) < 4.78 is 16.7. The first-order chi connectivity index (χ1) is 14.1. The van der Waals surface area contributed by atoms with Crippen molar-refractivity contribution >= 4 is 22.8 Å². The van der Waals surface area contributed by atoms with E-state index in [9.17, 15) is 4.39 Å². The van der Waals surface area contributed by atoms with Gasteiger partial charge in [0.1, 0.15) is 12.7 Å². The highest BCUT2D eigenvalue weighted by molar-refractivity contribution is 5.83. The molecule has 9 heteroatoms. The van der Waals surface area contributed by atoms with E-state index in [0.717, 1.165) is 62.3 Å². The standard InChI is InChI=1S/C20H25FN8/c1-27(18-15(21)16(14-3-4-14)22-10-23-18)9-13-5-7-29(8-6-13)20-17-19(24-11-25-20)28(2)12-26-17/h10-14H,3-9H2,1-2H3. The van der Waals surface area contributed by atoms with E-state index >= 15 is 0 Å². The van der Waals surface area contributed by atoms with Crippen LogP contribution in [0.2, 0.25) is 0 Å². The molecule has 0 bridgehead atoms. The van der Waals surface area contributed by atoms with Crippen molar-refractivity contribution in [3.8, 4) is 0 Å². The van der Waals surface area contributed by atoms with Crippen LogP contribution in [0.1, 0.15) is 37.3 Å². The fourth-order valence-corrected chi connectivity index (χ4v) is 4.25. The van der Waals surface area contributed by atoms with E-state index in [0.29, 0.717) is 17.4 Å². The lowest BCUT2D eigenvalue weighted by atomic mass is 9.96. The number of halogens is 1. The zero-order chi connectivity index (χ0) is 20.0. The first-order valence-corrected chi connectivity index (χ1v) is 10.2. The van der Waals surface area contributed by atoms with Gasteiger partial charge in [-0.2, -0.15) is 0 Å². The monoisotopic (exact) mass is 396 g/mol. The molecule has 29 heavy (non-hydrogen) atoms. The predicted molar refractivity (Wildman–Crippen MR) is 108 cm³/mol. The SMILES string of the molecule is CN(CC1CCN(c2ncnc3c2ncn3C)CC1)c1ncnc(C2CC2)c1F. The highest BCUT2D eigenvalue weighted by atomic mass is 19.1. The molecule has 152 valence electrons. The number of aromatic nitrogens is 6. The van der Waals surface area contributed by atoms with Gasteiger partial charge in [0.15, 0.2) is 28.6 Å². The van der Waals surface area contributed by atoms with Crippen LogP contribution in [-0.2, 0) is 7.05 Å². The predicted octanol–water partition coefficient (Wildman–Crippen LogP) is 2.52. The van der Waals surface area contributed by atoms with Gasteiger partial charge in [0.2, 0.25) is 0 Å². The Morgan fingerprint density at radius 2 is 1.79 bits per heavy atom. The number of imidazole rings is 1. The molecule has 2 fully saturated rings. The van der Waals surface area contributed by atoms with Crippen molar-refractivity contribution in [2.24, 2.45) is 13.0 Å². The molecule has 3 aromatic rings. The normalized spacial score (nSPS) is 17.8. The summed E-state index contributed by atoms with van der Waals surface area (Å²) in [5.74, 6) is 1.85. The van der Waals surface area contributed by atoms with E-state index in [2.05, 4.69) is 29.8 Å². The second-order valence-corrected chi connectivity index (χ2v) is 8.21. The summed E-state index contributed by atoms with van der Waals surface area (Å²) in [7, 11) is 3.87. The molecule has 4 heterocycles. The molecule has 2 aliphatic rings. The molecular formula is C20H25FN8. The number of fused-ring (bicyclic) bond motifs is 1. The number of anilines is 2. The molecule has 3 aromatic heterocycles. The Labute approximate surface area is 168 Å². The van der Waals surface area contributed by atoms with E-state index in [-0.39, 0.29) is 11.7 Å². The average Bonchev–Trinajstić information content (AvgIpc) is 3.51. The van der Waals surface area contributed by atoms with E-state index in [1.807, 2.05) is 23.6 Å². The van der Waals surface area contributed by atoms with Crippen molar-refractivity contribution in [1.29, 1.82) is 0 Å². The number of hydrogen-bond donors (Lipinski definition) is 0. The zero-order valence-corrected chi connectivity index (χ0v) is 16.8. The van der Waals surface area contributed by atoms with E-state index in [1.54, 1.807) is 12.7 Å². The Kier molecular flexibility index (Phi) is 4.52. The van der Waals surface area contributed by atoms with E-state index in [1.165, 1.54) is 6.33 Å². The van der Waals surface area contributed by atoms with Gasteiger partial charge in [-0.1, -0.05) is 0 Å². The molecule has 0 unspecified atom stereocenters. The molecule has 0 amide bonds.